The van der Waals surface area contributed by atoms with Crippen molar-refractivity contribution in [1.29, 1.82) is 0 Å². The normalized spacial score (nSPS) is 33.7. The highest BCUT2D eigenvalue weighted by Crippen LogP contribution is 2.33. The molecular formula is C9H15N. The molecule has 1 heteroatoms. The fraction of sp³-hybridized carbons (Fsp3) is 0.556. The van der Waals surface area contributed by atoms with Gasteiger partial charge in [0.05, 0.1) is 0 Å². The zero-order chi connectivity index (χ0) is 7.89. The summed E-state index contributed by atoms with van der Waals surface area (Å²) in [6.45, 7) is 12.3. The van der Waals surface area contributed by atoms with Crippen molar-refractivity contribution >= 4 is 0 Å². The molecule has 1 aliphatic rings. The van der Waals surface area contributed by atoms with E-state index in [2.05, 4.69) is 39.0 Å². The summed E-state index contributed by atoms with van der Waals surface area (Å²) >= 11 is 0. The van der Waals surface area contributed by atoms with E-state index in [0.717, 1.165) is 5.70 Å². The molecule has 0 radical (unpaired) electrons. The Kier molecular flexibility index (Phi) is 1.59. The summed E-state index contributed by atoms with van der Waals surface area (Å²) in [6.07, 6.45) is 0. The first-order valence-electron chi connectivity index (χ1n) is 3.66. The largest absolute Gasteiger partial charge is 0.372 e. The van der Waals surface area contributed by atoms with E-state index < -0.39 is 0 Å². The Morgan fingerprint density at radius 1 is 1.30 bits per heavy atom. The Bertz CT molecular complexity index is 161. The zero-order valence-corrected chi connectivity index (χ0v) is 7.02. The molecule has 0 aromatic carbocycles. The van der Waals surface area contributed by atoms with Gasteiger partial charge in [0.15, 0.2) is 0 Å². The highest BCUT2D eigenvalue weighted by Gasteiger charge is 2.29. The fourth-order valence-electron chi connectivity index (χ4n) is 1.36. The van der Waals surface area contributed by atoms with Crippen LogP contribution in [-0.4, -0.2) is 18.0 Å². The van der Waals surface area contributed by atoms with Crippen molar-refractivity contribution in [3.05, 3.63) is 24.4 Å². The Hall–Kier alpha value is -0.720. The van der Waals surface area contributed by atoms with Crippen LogP contribution in [0.25, 0.3) is 0 Å². The minimum atomic E-state index is 0.567. The van der Waals surface area contributed by atoms with E-state index >= 15 is 0 Å². The molecule has 1 unspecified atom stereocenters. The van der Waals surface area contributed by atoms with E-state index in [1.807, 2.05) is 0 Å². The number of allylic oxidation sites excluding steroid dienone is 1. The second kappa shape index (κ2) is 2.15. The van der Waals surface area contributed by atoms with E-state index in [1.165, 1.54) is 5.57 Å². The summed E-state index contributed by atoms with van der Waals surface area (Å²) in [5.41, 5.74) is 2.29. The van der Waals surface area contributed by atoms with Crippen molar-refractivity contribution in [2.45, 2.75) is 19.9 Å². The molecule has 0 aromatic heterocycles. The number of nitrogens with zero attached hydrogens (tertiary/aromatic N) is 1. The Balaban J connectivity index is 2.89. The van der Waals surface area contributed by atoms with E-state index in [9.17, 15) is 0 Å². The lowest BCUT2D eigenvalue weighted by Crippen LogP contribution is -2.23. The highest BCUT2D eigenvalue weighted by molar-refractivity contribution is 5.32. The average molecular weight is 137 g/mol. The van der Waals surface area contributed by atoms with Crippen molar-refractivity contribution in [2.24, 2.45) is 5.92 Å². The molecule has 1 nitrogen and oxygen atoms in total. The molecule has 1 aliphatic heterocycles. The third kappa shape index (κ3) is 0.772. The van der Waals surface area contributed by atoms with Gasteiger partial charge in [-0.05, 0) is 12.5 Å². The van der Waals surface area contributed by atoms with Gasteiger partial charge in [0, 0.05) is 24.7 Å². The molecule has 0 aromatic rings. The summed E-state index contributed by atoms with van der Waals surface area (Å²) < 4.78 is 0. The van der Waals surface area contributed by atoms with Gasteiger partial charge in [0.1, 0.15) is 0 Å². The quantitative estimate of drug-likeness (QED) is 0.494. The summed E-state index contributed by atoms with van der Waals surface area (Å²) in [5.74, 6) is 0.567. The second-order valence-electron chi connectivity index (χ2n) is 3.11. The zero-order valence-electron chi connectivity index (χ0n) is 7.02. The van der Waals surface area contributed by atoms with Gasteiger partial charge in [-0.3, -0.25) is 0 Å². The molecule has 0 bridgehead atoms. The molecule has 1 rings (SSSR count). The molecule has 0 saturated carbocycles. The number of hydrogen-bond donors (Lipinski definition) is 0. The van der Waals surface area contributed by atoms with Gasteiger partial charge in [-0.15, -0.1) is 0 Å². The topological polar surface area (TPSA) is 3.24 Å². The van der Waals surface area contributed by atoms with Gasteiger partial charge < -0.3 is 4.90 Å². The van der Waals surface area contributed by atoms with E-state index in [1.54, 1.807) is 0 Å². The first-order valence-corrected chi connectivity index (χ1v) is 3.66. The van der Waals surface area contributed by atoms with Crippen LogP contribution in [0.15, 0.2) is 24.4 Å². The maximum atomic E-state index is 3.98. The molecule has 0 amide bonds. The van der Waals surface area contributed by atoms with Gasteiger partial charge >= 0.3 is 0 Å². The highest BCUT2D eigenvalue weighted by atomic mass is 15.2. The van der Waals surface area contributed by atoms with Crippen LogP contribution in [0, 0.1) is 5.92 Å². The third-order valence-corrected chi connectivity index (χ3v) is 2.68. The number of likely N-dealkylation sites (tertiary alicyclic amines) is 1. The Labute approximate surface area is 63.0 Å². The first kappa shape index (κ1) is 7.39. The Morgan fingerprint density at radius 3 is 1.90 bits per heavy atom. The number of likely N-dealkylation sites (N-methyl/N-ethyl adjacent to an activating group) is 1. The van der Waals surface area contributed by atoms with Crippen LogP contribution in [0.3, 0.4) is 0 Å². The minimum absolute atomic E-state index is 0.567. The van der Waals surface area contributed by atoms with Crippen molar-refractivity contribution < 1.29 is 0 Å². The molecule has 1 heterocycles. The maximum absolute atomic E-state index is 3.98. The molecule has 1 saturated heterocycles. The van der Waals surface area contributed by atoms with Crippen LogP contribution in [0.2, 0.25) is 0 Å². The smallest absolute Gasteiger partial charge is 0.0324 e. The monoisotopic (exact) mass is 137 g/mol. The molecule has 0 spiro atoms. The second-order valence-corrected chi connectivity index (χ2v) is 3.11. The van der Waals surface area contributed by atoms with Crippen LogP contribution in [-0.2, 0) is 0 Å². The van der Waals surface area contributed by atoms with E-state index in [0.29, 0.717) is 12.0 Å². The van der Waals surface area contributed by atoms with Gasteiger partial charge in [-0.25, -0.2) is 0 Å². The predicted octanol–water partition coefficient (Wildman–Crippen LogP) is 2.03. The number of hydrogen-bond acceptors (Lipinski definition) is 1. The molecule has 0 aliphatic carbocycles. The summed E-state index contributed by atoms with van der Waals surface area (Å²) in [6, 6.07) is 0.569. The summed E-state index contributed by atoms with van der Waals surface area (Å²) in [4.78, 5) is 2.19. The van der Waals surface area contributed by atoms with Gasteiger partial charge in [0.2, 0.25) is 0 Å². The molecule has 1 fully saturated rings. The van der Waals surface area contributed by atoms with Crippen molar-refractivity contribution in [3.63, 3.8) is 0 Å². The first-order chi connectivity index (χ1) is 4.55. The van der Waals surface area contributed by atoms with Crippen molar-refractivity contribution in [2.75, 3.05) is 7.05 Å². The standard InChI is InChI=1S/C9H15N/c1-6-7(2)9(4)10(5)8(6)3/h7,9H,1,3H2,2,4-5H3/t7-,9?/m1/s1. The molecule has 2 atom stereocenters. The van der Waals surface area contributed by atoms with Crippen molar-refractivity contribution in [3.8, 4) is 0 Å². The van der Waals surface area contributed by atoms with Crippen LogP contribution >= 0.6 is 0 Å². The van der Waals surface area contributed by atoms with E-state index in [4.69, 9.17) is 0 Å². The molecule has 0 N–H and O–H groups in total. The third-order valence-electron chi connectivity index (χ3n) is 2.68. The molecule has 10 heavy (non-hydrogen) atoms. The van der Waals surface area contributed by atoms with Crippen LogP contribution in [0.4, 0.5) is 0 Å². The van der Waals surface area contributed by atoms with Crippen molar-refractivity contribution in [1.82, 2.24) is 4.90 Å². The lowest BCUT2D eigenvalue weighted by atomic mass is 10.0. The van der Waals surface area contributed by atoms with Crippen LogP contribution in [0.5, 0.6) is 0 Å². The Morgan fingerprint density at radius 2 is 1.80 bits per heavy atom. The van der Waals surface area contributed by atoms with Gasteiger partial charge in [-0.2, -0.15) is 0 Å². The van der Waals surface area contributed by atoms with Gasteiger partial charge in [0.25, 0.3) is 0 Å². The van der Waals surface area contributed by atoms with Gasteiger partial charge in [-0.1, -0.05) is 20.1 Å². The SMILES string of the molecule is C=C1C(=C)N(C)C(C)[C@@H]1C. The molecular weight excluding hydrogens is 122 g/mol. The predicted molar refractivity (Wildman–Crippen MR) is 44.7 cm³/mol. The minimum Gasteiger partial charge on any atom is -0.372 e. The lowest BCUT2D eigenvalue weighted by Gasteiger charge is -2.19. The maximum Gasteiger partial charge on any atom is 0.0324 e. The lowest BCUT2D eigenvalue weighted by molar-refractivity contribution is 0.334. The average Bonchev–Trinajstić information content (AvgIpc) is 2.07. The van der Waals surface area contributed by atoms with E-state index in [-0.39, 0.29) is 0 Å². The summed E-state index contributed by atoms with van der Waals surface area (Å²) in [7, 11) is 2.07. The number of rotatable bonds is 0. The van der Waals surface area contributed by atoms with Crippen LogP contribution in [0.1, 0.15) is 13.8 Å². The van der Waals surface area contributed by atoms with Crippen LogP contribution < -0.4 is 0 Å². The fourth-order valence-corrected chi connectivity index (χ4v) is 1.36. The summed E-state index contributed by atoms with van der Waals surface area (Å²) in [5, 5.41) is 0. The molecule has 56 valence electrons.